The highest BCUT2D eigenvalue weighted by Crippen LogP contribution is 2.52. The summed E-state index contributed by atoms with van der Waals surface area (Å²) in [6, 6.07) is 20.7. The molecule has 0 fully saturated rings. The lowest BCUT2D eigenvalue weighted by Crippen LogP contribution is -2.40. The average Bonchev–Trinajstić information content (AvgIpc) is 3.27. The largest absolute Gasteiger partial charge is 0.488 e. The fourth-order valence-electron chi connectivity index (χ4n) is 3.83. The molecule has 5 rings (SSSR count). The number of benzene rings is 2. The van der Waals surface area contributed by atoms with Gasteiger partial charge in [0.05, 0.1) is 15.4 Å². The molecule has 0 aliphatic carbocycles. The number of ether oxygens (including phenoxy) is 1. The fraction of sp³-hybridized carbons (Fsp3) is 0.150. The Morgan fingerprint density at radius 1 is 1.00 bits per heavy atom. The molecule has 0 saturated carbocycles. The van der Waals surface area contributed by atoms with Crippen molar-refractivity contribution in [3.05, 3.63) is 81.0 Å². The summed E-state index contributed by atoms with van der Waals surface area (Å²) in [5.74, 6) is 0.952. The summed E-state index contributed by atoms with van der Waals surface area (Å²) in [5.41, 5.74) is 3.14. The predicted molar refractivity (Wildman–Crippen MR) is 99.3 cm³/mol. The van der Waals surface area contributed by atoms with Crippen LogP contribution in [-0.4, -0.2) is 12.3 Å². The van der Waals surface area contributed by atoms with Crippen molar-refractivity contribution in [3.63, 3.8) is 0 Å². The Kier molecular flexibility index (Phi) is 3.09. The molecule has 0 bridgehead atoms. The van der Waals surface area contributed by atoms with Crippen LogP contribution in [0.5, 0.6) is 5.75 Å². The molecule has 0 amide bonds. The van der Waals surface area contributed by atoms with Crippen molar-refractivity contribution >= 4 is 34.8 Å². The molecule has 118 valence electrons. The highest BCUT2D eigenvalue weighted by atomic mass is 35.5. The molecule has 2 aliphatic heterocycles. The van der Waals surface area contributed by atoms with Gasteiger partial charge in [0.15, 0.2) is 0 Å². The van der Waals surface area contributed by atoms with Gasteiger partial charge in [0, 0.05) is 23.1 Å². The van der Waals surface area contributed by atoms with Crippen molar-refractivity contribution in [2.75, 3.05) is 0 Å². The monoisotopic (exact) mass is 351 g/mol. The van der Waals surface area contributed by atoms with Crippen LogP contribution in [0.25, 0.3) is 0 Å². The molecule has 0 saturated heterocycles. The molecule has 1 aromatic heterocycles. The van der Waals surface area contributed by atoms with E-state index < -0.39 is 0 Å². The minimum Gasteiger partial charge on any atom is -0.488 e. The molecular weight excluding hydrogens is 338 g/mol. The summed E-state index contributed by atoms with van der Waals surface area (Å²) >= 11 is 7.74. The lowest BCUT2D eigenvalue weighted by molar-refractivity contribution is 0.201. The molecule has 4 heteroatoms. The Labute approximate surface area is 149 Å². The number of nitrogens with zero attached hydrogens (tertiary/aromatic N) is 1. The SMILES string of the molecule is Clc1ccc(CC2Oc3ccccc3C23C=Nc2ccccc23)s1. The molecule has 0 N–H and O–H groups in total. The van der Waals surface area contributed by atoms with E-state index in [0.29, 0.717) is 0 Å². The van der Waals surface area contributed by atoms with Gasteiger partial charge in [-0.3, -0.25) is 4.99 Å². The Morgan fingerprint density at radius 3 is 2.62 bits per heavy atom. The first-order chi connectivity index (χ1) is 11.8. The summed E-state index contributed by atoms with van der Waals surface area (Å²) in [7, 11) is 0. The van der Waals surface area contributed by atoms with Crippen molar-refractivity contribution in [1.29, 1.82) is 0 Å². The van der Waals surface area contributed by atoms with E-state index in [1.54, 1.807) is 11.3 Å². The summed E-state index contributed by atoms with van der Waals surface area (Å²) in [6.45, 7) is 0. The second-order valence-electron chi connectivity index (χ2n) is 6.16. The van der Waals surface area contributed by atoms with Gasteiger partial charge in [-0.05, 0) is 29.8 Å². The van der Waals surface area contributed by atoms with Crippen molar-refractivity contribution in [2.24, 2.45) is 4.99 Å². The van der Waals surface area contributed by atoms with Gasteiger partial charge in [0.2, 0.25) is 0 Å². The first kappa shape index (κ1) is 14.3. The van der Waals surface area contributed by atoms with Crippen LogP contribution in [0.3, 0.4) is 0 Å². The Balaban J connectivity index is 1.68. The van der Waals surface area contributed by atoms with E-state index >= 15 is 0 Å². The number of aliphatic imine (C=N–C) groups is 1. The quantitative estimate of drug-likeness (QED) is 0.605. The second-order valence-corrected chi connectivity index (χ2v) is 7.96. The fourth-order valence-corrected chi connectivity index (χ4v) is 4.94. The molecule has 24 heavy (non-hydrogen) atoms. The topological polar surface area (TPSA) is 21.6 Å². The lowest BCUT2D eigenvalue weighted by atomic mass is 9.72. The van der Waals surface area contributed by atoms with Crippen molar-refractivity contribution in [3.8, 4) is 5.75 Å². The van der Waals surface area contributed by atoms with Crippen LogP contribution in [0.2, 0.25) is 4.34 Å². The number of thiophene rings is 1. The Bertz CT molecular complexity index is 964. The molecule has 2 aromatic carbocycles. The maximum absolute atomic E-state index is 6.39. The number of para-hydroxylation sites is 2. The molecule has 2 unspecified atom stereocenters. The predicted octanol–water partition coefficient (Wildman–Crippen LogP) is 5.41. The van der Waals surface area contributed by atoms with Crippen LogP contribution in [0, 0.1) is 0 Å². The first-order valence-electron chi connectivity index (χ1n) is 7.92. The third-order valence-corrected chi connectivity index (χ3v) is 6.14. The zero-order valence-corrected chi connectivity index (χ0v) is 14.3. The van der Waals surface area contributed by atoms with Gasteiger partial charge in [0.25, 0.3) is 0 Å². The van der Waals surface area contributed by atoms with Crippen LogP contribution < -0.4 is 4.74 Å². The zero-order valence-electron chi connectivity index (χ0n) is 12.8. The van der Waals surface area contributed by atoms with Crippen molar-refractivity contribution in [1.82, 2.24) is 0 Å². The Hall–Kier alpha value is -2.10. The van der Waals surface area contributed by atoms with Crippen LogP contribution in [-0.2, 0) is 11.8 Å². The van der Waals surface area contributed by atoms with Gasteiger partial charge in [0.1, 0.15) is 11.9 Å². The van der Waals surface area contributed by atoms with E-state index in [1.165, 1.54) is 16.0 Å². The molecule has 2 nitrogen and oxygen atoms in total. The van der Waals surface area contributed by atoms with Gasteiger partial charge in [-0.25, -0.2) is 0 Å². The third-order valence-electron chi connectivity index (χ3n) is 4.88. The van der Waals surface area contributed by atoms with Crippen molar-refractivity contribution < 1.29 is 4.74 Å². The van der Waals surface area contributed by atoms with E-state index in [1.807, 2.05) is 24.3 Å². The van der Waals surface area contributed by atoms with Crippen LogP contribution in [0.15, 0.2) is 65.7 Å². The summed E-state index contributed by atoms with van der Waals surface area (Å²) < 4.78 is 7.20. The minimum absolute atomic E-state index is 0.0167. The third kappa shape index (κ3) is 1.92. The maximum Gasteiger partial charge on any atom is 0.124 e. The molecule has 0 radical (unpaired) electrons. The number of hydrogen-bond acceptors (Lipinski definition) is 3. The van der Waals surface area contributed by atoms with E-state index in [-0.39, 0.29) is 11.5 Å². The van der Waals surface area contributed by atoms with Gasteiger partial charge >= 0.3 is 0 Å². The molecule has 2 aliphatic rings. The molecular formula is C20H14ClNOS. The molecule has 1 spiro atoms. The summed E-state index contributed by atoms with van der Waals surface area (Å²) in [6.07, 6.45) is 2.87. The zero-order chi connectivity index (χ0) is 16.1. The van der Waals surface area contributed by atoms with Gasteiger partial charge in [-0.15, -0.1) is 11.3 Å². The Morgan fingerprint density at radius 2 is 1.79 bits per heavy atom. The normalized spacial score (nSPS) is 23.3. The van der Waals surface area contributed by atoms with E-state index in [9.17, 15) is 0 Å². The lowest BCUT2D eigenvalue weighted by Gasteiger charge is -2.28. The van der Waals surface area contributed by atoms with Crippen LogP contribution in [0.4, 0.5) is 5.69 Å². The number of rotatable bonds is 2. The highest BCUT2D eigenvalue weighted by molar-refractivity contribution is 7.16. The standard InChI is InChI=1S/C20H14ClNOS/c21-19-10-9-13(24-19)11-18-20(15-6-2-4-8-17(15)23-18)12-22-16-7-3-1-5-14(16)20/h1-10,12,18H,11H2. The number of fused-ring (bicyclic) bond motifs is 4. The average molecular weight is 352 g/mol. The highest BCUT2D eigenvalue weighted by Gasteiger charge is 2.52. The number of halogens is 1. The van der Waals surface area contributed by atoms with Gasteiger partial charge in [-0.1, -0.05) is 48.0 Å². The van der Waals surface area contributed by atoms with Gasteiger partial charge < -0.3 is 4.74 Å². The van der Waals surface area contributed by atoms with Crippen LogP contribution >= 0.6 is 22.9 Å². The first-order valence-corrected chi connectivity index (χ1v) is 9.12. The summed E-state index contributed by atoms with van der Waals surface area (Å²) in [5, 5.41) is 0. The molecule has 2 atom stereocenters. The van der Waals surface area contributed by atoms with Gasteiger partial charge in [-0.2, -0.15) is 0 Å². The summed E-state index contributed by atoms with van der Waals surface area (Å²) in [4.78, 5) is 5.93. The smallest absolute Gasteiger partial charge is 0.124 e. The maximum atomic E-state index is 6.39. The van der Waals surface area contributed by atoms with E-state index in [4.69, 9.17) is 21.3 Å². The van der Waals surface area contributed by atoms with E-state index in [2.05, 4.69) is 42.6 Å². The second kappa shape index (κ2) is 5.20. The molecule has 3 heterocycles. The van der Waals surface area contributed by atoms with Crippen LogP contribution in [0.1, 0.15) is 16.0 Å². The van der Waals surface area contributed by atoms with E-state index in [0.717, 1.165) is 22.2 Å². The number of hydrogen-bond donors (Lipinski definition) is 0. The van der Waals surface area contributed by atoms with Crippen molar-refractivity contribution in [2.45, 2.75) is 17.9 Å². The molecule has 3 aromatic rings. The minimum atomic E-state index is -0.316.